The summed E-state index contributed by atoms with van der Waals surface area (Å²) in [6.07, 6.45) is 6.93. The van der Waals surface area contributed by atoms with E-state index in [0.29, 0.717) is 0 Å². The lowest BCUT2D eigenvalue weighted by Crippen LogP contribution is -2.29. The Morgan fingerprint density at radius 3 is 1.59 bits per heavy atom. The van der Waals surface area contributed by atoms with Crippen LogP contribution >= 0.6 is 0 Å². The highest BCUT2D eigenvalue weighted by Crippen LogP contribution is 2.34. The van der Waals surface area contributed by atoms with Crippen molar-refractivity contribution >= 4 is 11.4 Å². The van der Waals surface area contributed by atoms with Gasteiger partial charge in [0.05, 0.1) is 11.4 Å². The average Bonchev–Trinajstić information content (AvgIpc) is 2.79. The maximum atomic E-state index is 2.48. The van der Waals surface area contributed by atoms with Gasteiger partial charge in [-0.1, -0.05) is 104 Å². The highest BCUT2D eigenvalue weighted by atomic mass is 15.2. The fourth-order valence-corrected chi connectivity index (χ4v) is 3.74. The van der Waals surface area contributed by atoms with Crippen molar-refractivity contribution in [3.8, 4) is 0 Å². The fraction of sp³-hybridized carbons (Fsp3) is 0.185. The first-order valence-corrected chi connectivity index (χ1v) is 10.5. The van der Waals surface area contributed by atoms with Crippen LogP contribution in [0.1, 0.15) is 36.5 Å². The Labute approximate surface area is 174 Å². The lowest BCUT2D eigenvalue weighted by molar-refractivity contribution is 0.442. The lowest BCUT2D eigenvalue weighted by Gasteiger charge is -2.36. The predicted octanol–water partition coefficient (Wildman–Crippen LogP) is 6.60. The normalized spacial score (nSPS) is 13.8. The van der Waals surface area contributed by atoms with Gasteiger partial charge in [0.15, 0.2) is 0 Å². The number of hydrogen-bond donors (Lipinski definition) is 0. The Morgan fingerprint density at radius 2 is 1.10 bits per heavy atom. The largest absolute Gasteiger partial charge is 0.346 e. The van der Waals surface area contributed by atoms with E-state index in [4.69, 9.17) is 0 Å². The van der Waals surface area contributed by atoms with Crippen LogP contribution in [0.4, 0.5) is 0 Å². The second-order valence-corrected chi connectivity index (χ2v) is 7.42. The molecule has 0 bridgehead atoms. The van der Waals surface area contributed by atoms with Crippen LogP contribution in [0, 0.1) is 0 Å². The Hall–Kier alpha value is -3.26. The van der Waals surface area contributed by atoms with Gasteiger partial charge in [0.25, 0.3) is 0 Å². The number of hydrogen-bond acceptors (Lipinski definition) is 2. The molecule has 0 saturated carbocycles. The molecule has 1 aliphatic heterocycles. The lowest BCUT2D eigenvalue weighted by atomic mass is 10.0. The second kappa shape index (κ2) is 9.29. The summed E-state index contributed by atoms with van der Waals surface area (Å²) in [4.78, 5) is 4.80. The van der Waals surface area contributed by atoms with Gasteiger partial charge in [0, 0.05) is 25.5 Å². The number of rotatable bonds is 7. The van der Waals surface area contributed by atoms with Crippen LogP contribution in [-0.2, 0) is 6.54 Å². The second-order valence-electron chi connectivity index (χ2n) is 7.42. The van der Waals surface area contributed by atoms with Gasteiger partial charge >= 0.3 is 0 Å². The molecule has 0 spiro atoms. The van der Waals surface area contributed by atoms with E-state index in [9.17, 15) is 0 Å². The first kappa shape index (κ1) is 19.1. The number of unbranched alkanes of at least 4 members (excludes halogenated alkanes) is 1. The molecule has 0 N–H and O–H groups in total. The Bertz CT molecular complexity index is 902. The molecule has 0 fully saturated rings. The van der Waals surface area contributed by atoms with Crippen molar-refractivity contribution in [2.45, 2.75) is 26.3 Å². The van der Waals surface area contributed by atoms with Gasteiger partial charge < -0.3 is 9.80 Å². The van der Waals surface area contributed by atoms with E-state index in [0.717, 1.165) is 19.5 Å². The molecule has 3 aromatic carbocycles. The third kappa shape index (κ3) is 4.60. The van der Waals surface area contributed by atoms with Gasteiger partial charge in [-0.05, 0) is 23.1 Å². The SMILES string of the molecule is CCCCN1C(c2ccccc2)=CN(Cc2ccccc2)C=C1c1ccccc1. The van der Waals surface area contributed by atoms with Gasteiger partial charge in [0.2, 0.25) is 0 Å². The van der Waals surface area contributed by atoms with Crippen molar-refractivity contribution in [2.75, 3.05) is 6.54 Å². The summed E-state index contributed by atoms with van der Waals surface area (Å²) in [5.41, 5.74) is 6.33. The highest BCUT2D eigenvalue weighted by molar-refractivity contribution is 5.79. The van der Waals surface area contributed by atoms with Crippen molar-refractivity contribution in [3.63, 3.8) is 0 Å². The number of nitrogens with zero attached hydrogens (tertiary/aromatic N) is 2. The van der Waals surface area contributed by atoms with Crippen LogP contribution in [0.3, 0.4) is 0 Å². The third-order valence-electron chi connectivity index (χ3n) is 5.24. The zero-order valence-corrected chi connectivity index (χ0v) is 17.0. The molecule has 0 radical (unpaired) electrons. The van der Waals surface area contributed by atoms with E-state index in [2.05, 4.69) is 120 Å². The minimum atomic E-state index is 0.856. The molecule has 2 nitrogen and oxygen atoms in total. The molecular weight excluding hydrogens is 352 g/mol. The van der Waals surface area contributed by atoms with Crippen molar-refractivity contribution in [1.82, 2.24) is 9.80 Å². The van der Waals surface area contributed by atoms with Crippen molar-refractivity contribution in [2.24, 2.45) is 0 Å². The van der Waals surface area contributed by atoms with Gasteiger partial charge in [-0.15, -0.1) is 0 Å². The molecule has 1 heterocycles. The molecule has 2 heteroatoms. The quantitative estimate of drug-likeness (QED) is 0.455. The van der Waals surface area contributed by atoms with Crippen LogP contribution < -0.4 is 0 Å². The van der Waals surface area contributed by atoms with Gasteiger partial charge in [-0.2, -0.15) is 0 Å². The van der Waals surface area contributed by atoms with Gasteiger partial charge in [0.1, 0.15) is 0 Å². The van der Waals surface area contributed by atoms with Crippen LogP contribution in [0.2, 0.25) is 0 Å². The van der Waals surface area contributed by atoms with E-state index in [1.54, 1.807) is 0 Å². The molecule has 0 aliphatic carbocycles. The number of benzene rings is 3. The third-order valence-corrected chi connectivity index (χ3v) is 5.24. The molecule has 0 unspecified atom stereocenters. The molecule has 3 aromatic rings. The average molecular weight is 381 g/mol. The first-order chi connectivity index (χ1) is 14.3. The smallest absolute Gasteiger partial charge is 0.0649 e. The summed E-state index contributed by atoms with van der Waals surface area (Å²) in [5.74, 6) is 0. The minimum Gasteiger partial charge on any atom is -0.346 e. The zero-order chi connectivity index (χ0) is 19.9. The minimum absolute atomic E-state index is 0.856. The Morgan fingerprint density at radius 1 is 0.621 bits per heavy atom. The van der Waals surface area contributed by atoms with E-state index in [1.165, 1.54) is 34.5 Å². The van der Waals surface area contributed by atoms with Gasteiger partial charge in [-0.3, -0.25) is 0 Å². The van der Waals surface area contributed by atoms with Crippen molar-refractivity contribution in [3.05, 3.63) is 120 Å². The summed E-state index contributed by atoms with van der Waals surface area (Å²) in [6.45, 7) is 4.12. The summed E-state index contributed by atoms with van der Waals surface area (Å²) in [5, 5.41) is 0. The van der Waals surface area contributed by atoms with Crippen molar-refractivity contribution in [1.29, 1.82) is 0 Å². The fourth-order valence-electron chi connectivity index (χ4n) is 3.74. The monoisotopic (exact) mass is 380 g/mol. The maximum Gasteiger partial charge on any atom is 0.0649 e. The summed E-state index contributed by atoms with van der Waals surface area (Å²) in [7, 11) is 0. The highest BCUT2D eigenvalue weighted by Gasteiger charge is 2.23. The summed E-state index contributed by atoms with van der Waals surface area (Å²) >= 11 is 0. The summed E-state index contributed by atoms with van der Waals surface area (Å²) < 4.78 is 0. The first-order valence-electron chi connectivity index (χ1n) is 10.5. The standard InChI is InChI=1S/C27H28N2/c1-2-3-19-29-26(24-15-9-5-10-16-24)21-28(20-23-13-7-4-8-14-23)22-27(29)25-17-11-6-12-18-25/h4-18,21-22H,2-3,19-20H2,1H3. The van der Waals surface area contributed by atoms with Crippen LogP contribution in [0.5, 0.6) is 0 Å². The molecule has 0 amide bonds. The zero-order valence-electron chi connectivity index (χ0n) is 17.0. The van der Waals surface area contributed by atoms with Crippen LogP contribution in [-0.4, -0.2) is 16.3 Å². The molecule has 0 atom stereocenters. The molecule has 4 rings (SSSR count). The van der Waals surface area contributed by atoms with Crippen LogP contribution in [0.15, 0.2) is 103 Å². The molecular formula is C27H28N2. The molecule has 0 aromatic heterocycles. The van der Waals surface area contributed by atoms with Gasteiger partial charge in [-0.25, -0.2) is 0 Å². The van der Waals surface area contributed by atoms with E-state index >= 15 is 0 Å². The molecule has 29 heavy (non-hydrogen) atoms. The Balaban J connectivity index is 1.77. The van der Waals surface area contributed by atoms with E-state index in [-0.39, 0.29) is 0 Å². The Kier molecular flexibility index (Phi) is 6.11. The van der Waals surface area contributed by atoms with E-state index in [1.807, 2.05) is 0 Å². The summed E-state index contributed by atoms with van der Waals surface area (Å²) in [6, 6.07) is 32.1. The predicted molar refractivity (Wildman–Crippen MR) is 122 cm³/mol. The van der Waals surface area contributed by atoms with Crippen LogP contribution in [0.25, 0.3) is 11.4 Å². The van der Waals surface area contributed by atoms with Crippen molar-refractivity contribution < 1.29 is 0 Å². The molecule has 146 valence electrons. The molecule has 0 saturated heterocycles. The van der Waals surface area contributed by atoms with E-state index < -0.39 is 0 Å². The maximum absolute atomic E-state index is 2.48. The molecule has 1 aliphatic rings. The topological polar surface area (TPSA) is 6.48 Å².